The summed E-state index contributed by atoms with van der Waals surface area (Å²) in [6.45, 7) is 8.67. The van der Waals surface area contributed by atoms with Gasteiger partial charge in [-0.15, -0.1) is 11.6 Å². The van der Waals surface area contributed by atoms with Gasteiger partial charge in [0, 0.05) is 16.4 Å². The van der Waals surface area contributed by atoms with Crippen LogP contribution < -0.4 is 4.74 Å². The van der Waals surface area contributed by atoms with Crippen molar-refractivity contribution >= 4 is 11.6 Å². The second-order valence-electron chi connectivity index (χ2n) is 8.20. The van der Waals surface area contributed by atoms with Crippen molar-refractivity contribution in [1.29, 1.82) is 0 Å². The molecule has 0 aromatic heterocycles. The van der Waals surface area contributed by atoms with Gasteiger partial charge in [0.05, 0.1) is 0 Å². The number of unbranched alkanes of at least 4 members (excludes halogenated alkanes) is 1. The molecule has 0 amide bonds. The highest BCUT2D eigenvalue weighted by Crippen LogP contribution is 2.57. The first-order chi connectivity index (χ1) is 10.7. The van der Waals surface area contributed by atoms with E-state index in [-0.39, 0.29) is 16.4 Å². The molecule has 1 unspecified atom stereocenters. The van der Waals surface area contributed by atoms with Crippen LogP contribution in [0.15, 0.2) is 12.1 Å². The summed E-state index contributed by atoms with van der Waals surface area (Å²) in [6.07, 6.45) is 6.23. The molecule has 0 radical (unpaired) electrons. The smallest absolute Gasteiger partial charge is 0.127 e. The van der Waals surface area contributed by atoms with E-state index in [1.165, 1.54) is 5.56 Å². The number of aryl methyl sites for hydroxylation is 1. The molecule has 1 heterocycles. The Balaban J connectivity index is 2.03. The molecule has 1 aliphatic heterocycles. The fraction of sp³-hybridized carbons (Fsp3) is 0.700. The van der Waals surface area contributed by atoms with Crippen LogP contribution in [0.3, 0.4) is 0 Å². The molecule has 2 nitrogen and oxygen atoms in total. The highest BCUT2D eigenvalue weighted by atomic mass is 35.5. The quantitative estimate of drug-likeness (QED) is 0.708. The molecule has 3 atom stereocenters. The zero-order chi connectivity index (χ0) is 16.8. The molecule has 2 aliphatic rings. The first-order valence-electron chi connectivity index (χ1n) is 8.97. The van der Waals surface area contributed by atoms with Gasteiger partial charge in [-0.05, 0) is 76.5 Å². The molecule has 128 valence electrons. The van der Waals surface area contributed by atoms with E-state index in [4.69, 9.17) is 16.3 Å². The fourth-order valence-electron chi connectivity index (χ4n) is 4.50. The Hall–Kier alpha value is -0.890. The van der Waals surface area contributed by atoms with Gasteiger partial charge in [0.15, 0.2) is 0 Å². The number of ether oxygens (including phenoxy) is 1. The molecule has 0 bridgehead atoms. The standard InChI is InChI=1S/C20H29ClO2/c1-5-6-7-13-10-16(22)18-14-12-20(4,21)9-8-15(14)19(2,3)23-17(18)11-13/h10-11,14-15,22H,5-9,12H2,1-4H3/t14-,15-,20?/m1/s1. The Labute approximate surface area is 145 Å². The van der Waals surface area contributed by atoms with Crippen LogP contribution in [0.4, 0.5) is 0 Å². The number of phenols is 1. The highest BCUT2D eigenvalue weighted by Gasteiger charge is 2.49. The van der Waals surface area contributed by atoms with Crippen molar-refractivity contribution in [3.05, 3.63) is 23.3 Å². The van der Waals surface area contributed by atoms with Gasteiger partial charge in [0.1, 0.15) is 17.1 Å². The average molecular weight is 337 g/mol. The van der Waals surface area contributed by atoms with Gasteiger partial charge < -0.3 is 9.84 Å². The van der Waals surface area contributed by atoms with E-state index in [1.807, 2.05) is 6.07 Å². The summed E-state index contributed by atoms with van der Waals surface area (Å²) in [5.41, 5.74) is 1.95. The minimum atomic E-state index is -0.207. The molecule has 3 heteroatoms. The number of fused-ring (bicyclic) bond motifs is 3. The average Bonchev–Trinajstić information content (AvgIpc) is 2.42. The van der Waals surface area contributed by atoms with Crippen molar-refractivity contribution in [2.75, 3.05) is 0 Å². The predicted octanol–water partition coefficient (Wildman–Crippen LogP) is 5.79. The van der Waals surface area contributed by atoms with Crippen LogP contribution in [0, 0.1) is 5.92 Å². The third-order valence-corrected chi connectivity index (χ3v) is 6.09. The molecule has 0 saturated heterocycles. The van der Waals surface area contributed by atoms with E-state index in [0.29, 0.717) is 11.7 Å². The number of hydrogen-bond acceptors (Lipinski definition) is 2. The Bertz CT molecular complexity index is 592. The Morgan fingerprint density at radius 3 is 2.74 bits per heavy atom. The minimum absolute atomic E-state index is 0.181. The number of aromatic hydroxyl groups is 1. The highest BCUT2D eigenvalue weighted by molar-refractivity contribution is 6.23. The molecule has 1 aromatic carbocycles. The Morgan fingerprint density at radius 2 is 2.04 bits per heavy atom. The van der Waals surface area contributed by atoms with Gasteiger partial charge in [-0.1, -0.05) is 13.3 Å². The van der Waals surface area contributed by atoms with Crippen LogP contribution in [0.5, 0.6) is 11.5 Å². The maximum absolute atomic E-state index is 10.7. The van der Waals surface area contributed by atoms with E-state index in [0.717, 1.165) is 49.8 Å². The van der Waals surface area contributed by atoms with Crippen LogP contribution in [-0.4, -0.2) is 15.6 Å². The zero-order valence-corrected chi connectivity index (χ0v) is 15.5. The normalized spacial score (nSPS) is 31.9. The van der Waals surface area contributed by atoms with E-state index in [1.54, 1.807) is 0 Å². The maximum atomic E-state index is 10.7. The fourth-order valence-corrected chi connectivity index (χ4v) is 4.78. The predicted molar refractivity (Wildman–Crippen MR) is 95.8 cm³/mol. The molecule has 1 aliphatic carbocycles. The van der Waals surface area contributed by atoms with Crippen molar-refractivity contribution in [2.24, 2.45) is 5.92 Å². The number of rotatable bonds is 3. The van der Waals surface area contributed by atoms with E-state index in [2.05, 4.69) is 33.8 Å². The summed E-state index contributed by atoms with van der Waals surface area (Å²) in [7, 11) is 0. The second kappa shape index (κ2) is 5.88. The van der Waals surface area contributed by atoms with Crippen molar-refractivity contribution < 1.29 is 9.84 Å². The lowest BCUT2D eigenvalue weighted by Crippen LogP contribution is -2.48. The molecule has 3 rings (SSSR count). The van der Waals surface area contributed by atoms with Crippen LogP contribution >= 0.6 is 11.6 Å². The van der Waals surface area contributed by atoms with E-state index >= 15 is 0 Å². The minimum Gasteiger partial charge on any atom is -0.508 e. The summed E-state index contributed by atoms with van der Waals surface area (Å²) in [5, 5.41) is 10.7. The lowest BCUT2D eigenvalue weighted by molar-refractivity contribution is -0.0120. The third kappa shape index (κ3) is 3.20. The van der Waals surface area contributed by atoms with Gasteiger partial charge in [-0.3, -0.25) is 0 Å². The third-order valence-electron chi connectivity index (χ3n) is 5.74. The van der Waals surface area contributed by atoms with Gasteiger partial charge in [-0.2, -0.15) is 0 Å². The van der Waals surface area contributed by atoms with Crippen molar-refractivity contribution in [3.63, 3.8) is 0 Å². The summed E-state index contributed by atoms with van der Waals surface area (Å²) >= 11 is 6.68. The van der Waals surface area contributed by atoms with Crippen LogP contribution in [-0.2, 0) is 6.42 Å². The van der Waals surface area contributed by atoms with Crippen LogP contribution in [0.1, 0.15) is 76.8 Å². The molecule has 1 aromatic rings. The number of halogens is 1. The molecule has 1 N–H and O–H groups in total. The molecule has 1 fully saturated rings. The summed E-state index contributed by atoms with van der Waals surface area (Å²) in [6, 6.07) is 4.08. The van der Waals surface area contributed by atoms with Gasteiger partial charge in [0.2, 0.25) is 0 Å². The van der Waals surface area contributed by atoms with Crippen molar-refractivity contribution in [3.8, 4) is 11.5 Å². The van der Waals surface area contributed by atoms with Gasteiger partial charge in [0.25, 0.3) is 0 Å². The zero-order valence-electron chi connectivity index (χ0n) is 14.8. The first kappa shape index (κ1) is 17.0. The molecular formula is C20H29ClO2. The topological polar surface area (TPSA) is 29.5 Å². The molecule has 0 spiro atoms. The van der Waals surface area contributed by atoms with Crippen LogP contribution in [0.2, 0.25) is 0 Å². The summed E-state index contributed by atoms with van der Waals surface area (Å²) < 4.78 is 6.36. The lowest BCUT2D eigenvalue weighted by atomic mass is 9.64. The van der Waals surface area contributed by atoms with E-state index in [9.17, 15) is 5.11 Å². The lowest BCUT2D eigenvalue weighted by Gasteiger charge is -2.50. The number of benzene rings is 1. The van der Waals surface area contributed by atoms with E-state index < -0.39 is 0 Å². The van der Waals surface area contributed by atoms with Crippen molar-refractivity contribution in [2.45, 2.75) is 82.6 Å². The monoisotopic (exact) mass is 336 g/mol. The first-order valence-corrected chi connectivity index (χ1v) is 9.35. The largest absolute Gasteiger partial charge is 0.508 e. The molecule has 23 heavy (non-hydrogen) atoms. The number of phenolic OH excluding ortho intramolecular Hbond substituents is 1. The summed E-state index contributed by atoms with van der Waals surface area (Å²) in [5.74, 6) is 1.96. The van der Waals surface area contributed by atoms with Crippen molar-refractivity contribution in [1.82, 2.24) is 0 Å². The molecular weight excluding hydrogens is 308 g/mol. The molecule has 1 saturated carbocycles. The summed E-state index contributed by atoms with van der Waals surface area (Å²) in [4.78, 5) is -0.181. The second-order valence-corrected chi connectivity index (χ2v) is 9.12. The maximum Gasteiger partial charge on any atom is 0.127 e. The number of alkyl halides is 1. The van der Waals surface area contributed by atoms with Gasteiger partial charge in [-0.25, -0.2) is 0 Å². The Morgan fingerprint density at radius 1 is 1.30 bits per heavy atom. The van der Waals surface area contributed by atoms with Gasteiger partial charge >= 0.3 is 0 Å². The van der Waals surface area contributed by atoms with Crippen LogP contribution in [0.25, 0.3) is 0 Å². The Kier molecular flexibility index (Phi) is 4.33. The number of hydrogen-bond donors (Lipinski definition) is 1. The SMILES string of the molecule is CCCCc1cc(O)c2c(c1)OC(C)(C)[C@@H]1CCC(C)(Cl)C[C@@H]21.